The molecule has 3 unspecified atom stereocenters. The standard InChI is InChI=1S/C22H25N3/c1-16(20-11-8-18-4-2-3-5-21(18)20)22-15-24-12-13-25(22)19-9-6-17(14-23)7-10-19/h2-7,9-10,16,20,22,24H,8,11-13,15H2,1H3. The fourth-order valence-electron chi connectivity index (χ4n) is 4.65. The van der Waals surface area contributed by atoms with Gasteiger partial charge in [0.05, 0.1) is 11.6 Å². The molecule has 1 aliphatic carbocycles. The first-order chi connectivity index (χ1) is 12.3. The molecule has 0 spiro atoms. The normalized spacial score (nSPS) is 23.8. The predicted molar refractivity (Wildman–Crippen MR) is 102 cm³/mol. The van der Waals surface area contributed by atoms with E-state index in [1.54, 1.807) is 5.56 Å². The van der Waals surface area contributed by atoms with Gasteiger partial charge in [-0.05, 0) is 60.1 Å². The predicted octanol–water partition coefficient (Wildman–Crippen LogP) is 3.70. The van der Waals surface area contributed by atoms with E-state index >= 15 is 0 Å². The van der Waals surface area contributed by atoms with Crippen LogP contribution in [0.3, 0.4) is 0 Å². The third-order valence-electron chi connectivity index (χ3n) is 6.03. The molecule has 3 atom stereocenters. The number of hydrogen-bond donors (Lipinski definition) is 1. The second kappa shape index (κ2) is 6.90. The molecule has 3 nitrogen and oxygen atoms in total. The van der Waals surface area contributed by atoms with Crippen LogP contribution < -0.4 is 10.2 Å². The van der Waals surface area contributed by atoms with E-state index in [0.717, 1.165) is 25.2 Å². The fraction of sp³-hybridized carbons (Fsp3) is 0.409. The zero-order valence-electron chi connectivity index (χ0n) is 14.8. The molecule has 128 valence electrons. The van der Waals surface area contributed by atoms with Crippen LogP contribution in [0.1, 0.15) is 36.0 Å². The lowest BCUT2D eigenvalue weighted by Gasteiger charge is -2.43. The van der Waals surface area contributed by atoms with Gasteiger partial charge in [0.1, 0.15) is 0 Å². The van der Waals surface area contributed by atoms with Crippen molar-refractivity contribution >= 4 is 5.69 Å². The lowest BCUT2D eigenvalue weighted by Crippen LogP contribution is -2.55. The smallest absolute Gasteiger partial charge is 0.0991 e. The number of piperazine rings is 1. The second-order valence-corrected chi connectivity index (χ2v) is 7.33. The highest BCUT2D eigenvalue weighted by Gasteiger charge is 2.35. The third kappa shape index (κ3) is 3.03. The Labute approximate surface area is 150 Å². The number of nitriles is 1. The molecule has 0 amide bonds. The summed E-state index contributed by atoms with van der Waals surface area (Å²) in [7, 11) is 0. The lowest BCUT2D eigenvalue weighted by molar-refractivity contribution is 0.323. The van der Waals surface area contributed by atoms with Crippen molar-refractivity contribution in [3.8, 4) is 6.07 Å². The summed E-state index contributed by atoms with van der Waals surface area (Å²) >= 11 is 0. The Balaban J connectivity index is 1.59. The minimum absolute atomic E-state index is 0.484. The van der Waals surface area contributed by atoms with E-state index in [0.29, 0.717) is 17.9 Å². The summed E-state index contributed by atoms with van der Waals surface area (Å²) in [6, 6.07) is 19.7. The Morgan fingerprint density at radius 3 is 2.76 bits per heavy atom. The van der Waals surface area contributed by atoms with Crippen molar-refractivity contribution in [2.75, 3.05) is 24.5 Å². The first-order valence-corrected chi connectivity index (χ1v) is 9.33. The maximum atomic E-state index is 9.04. The van der Waals surface area contributed by atoms with Crippen molar-refractivity contribution in [1.82, 2.24) is 5.32 Å². The maximum Gasteiger partial charge on any atom is 0.0991 e. The van der Waals surface area contributed by atoms with Crippen LogP contribution in [0.4, 0.5) is 5.69 Å². The minimum Gasteiger partial charge on any atom is -0.366 e. The highest BCUT2D eigenvalue weighted by atomic mass is 15.2. The van der Waals surface area contributed by atoms with Crippen molar-refractivity contribution in [3.63, 3.8) is 0 Å². The Morgan fingerprint density at radius 2 is 1.96 bits per heavy atom. The summed E-state index contributed by atoms with van der Waals surface area (Å²) in [4.78, 5) is 2.54. The van der Waals surface area contributed by atoms with Crippen LogP contribution in [0.2, 0.25) is 0 Å². The van der Waals surface area contributed by atoms with Crippen LogP contribution in [0.5, 0.6) is 0 Å². The molecular weight excluding hydrogens is 306 g/mol. The van der Waals surface area contributed by atoms with Gasteiger partial charge in [-0.1, -0.05) is 31.2 Å². The lowest BCUT2D eigenvalue weighted by atomic mass is 9.82. The summed E-state index contributed by atoms with van der Waals surface area (Å²) in [5.41, 5.74) is 5.06. The van der Waals surface area contributed by atoms with Gasteiger partial charge in [-0.3, -0.25) is 0 Å². The molecule has 2 aromatic rings. The molecule has 1 fully saturated rings. The van der Waals surface area contributed by atoms with Gasteiger partial charge >= 0.3 is 0 Å². The van der Waals surface area contributed by atoms with Crippen LogP contribution >= 0.6 is 0 Å². The summed E-state index contributed by atoms with van der Waals surface area (Å²) in [6.07, 6.45) is 2.47. The Morgan fingerprint density at radius 1 is 1.16 bits per heavy atom. The molecule has 1 saturated heterocycles. The first kappa shape index (κ1) is 16.2. The highest BCUT2D eigenvalue weighted by molar-refractivity contribution is 5.51. The van der Waals surface area contributed by atoms with Crippen LogP contribution in [0.15, 0.2) is 48.5 Å². The first-order valence-electron chi connectivity index (χ1n) is 9.33. The number of nitrogens with one attached hydrogen (secondary N) is 1. The van der Waals surface area contributed by atoms with Crippen LogP contribution in [-0.2, 0) is 6.42 Å². The van der Waals surface area contributed by atoms with Gasteiger partial charge < -0.3 is 10.2 Å². The number of hydrogen-bond acceptors (Lipinski definition) is 3. The zero-order chi connectivity index (χ0) is 17.2. The quantitative estimate of drug-likeness (QED) is 0.932. The molecule has 2 aromatic carbocycles. The average Bonchev–Trinajstić information content (AvgIpc) is 3.12. The summed E-state index contributed by atoms with van der Waals surface area (Å²) in [5.74, 6) is 1.23. The summed E-state index contributed by atoms with van der Waals surface area (Å²) < 4.78 is 0. The van der Waals surface area contributed by atoms with Crippen molar-refractivity contribution in [1.29, 1.82) is 5.26 Å². The molecule has 0 saturated carbocycles. The zero-order valence-corrected chi connectivity index (χ0v) is 14.8. The number of fused-ring (bicyclic) bond motifs is 1. The average molecular weight is 331 g/mol. The van der Waals surface area contributed by atoms with Gasteiger partial charge in [-0.2, -0.15) is 5.26 Å². The molecule has 1 heterocycles. The summed E-state index contributed by atoms with van der Waals surface area (Å²) in [5, 5.41) is 12.6. The van der Waals surface area contributed by atoms with Crippen molar-refractivity contribution in [2.24, 2.45) is 5.92 Å². The topological polar surface area (TPSA) is 39.1 Å². The minimum atomic E-state index is 0.484. The molecule has 0 bridgehead atoms. The fourth-order valence-corrected chi connectivity index (χ4v) is 4.65. The van der Waals surface area contributed by atoms with Gasteiger partial charge in [-0.15, -0.1) is 0 Å². The third-order valence-corrected chi connectivity index (χ3v) is 6.03. The monoisotopic (exact) mass is 331 g/mol. The van der Waals surface area contributed by atoms with Crippen molar-refractivity contribution < 1.29 is 0 Å². The molecular formula is C22H25N3. The number of aryl methyl sites for hydroxylation is 1. The highest BCUT2D eigenvalue weighted by Crippen LogP contribution is 2.41. The van der Waals surface area contributed by atoms with Gasteiger partial charge in [0, 0.05) is 31.4 Å². The van der Waals surface area contributed by atoms with E-state index in [9.17, 15) is 0 Å². The van der Waals surface area contributed by atoms with Gasteiger partial charge in [0.25, 0.3) is 0 Å². The van der Waals surface area contributed by atoms with E-state index in [1.165, 1.54) is 24.1 Å². The number of anilines is 1. The molecule has 1 N–H and O–H groups in total. The largest absolute Gasteiger partial charge is 0.366 e. The van der Waals surface area contributed by atoms with Gasteiger partial charge in [0.2, 0.25) is 0 Å². The van der Waals surface area contributed by atoms with E-state index in [1.807, 2.05) is 12.1 Å². The molecule has 3 heteroatoms. The molecule has 2 aliphatic rings. The molecule has 0 radical (unpaired) electrons. The van der Waals surface area contributed by atoms with E-state index in [4.69, 9.17) is 5.26 Å². The van der Waals surface area contributed by atoms with Gasteiger partial charge in [0.15, 0.2) is 0 Å². The van der Waals surface area contributed by atoms with Crippen LogP contribution in [0.25, 0.3) is 0 Å². The summed E-state index contributed by atoms with van der Waals surface area (Å²) in [6.45, 7) is 5.49. The molecule has 1 aliphatic heterocycles. The van der Waals surface area contributed by atoms with E-state index in [-0.39, 0.29) is 0 Å². The second-order valence-electron chi connectivity index (χ2n) is 7.33. The van der Waals surface area contributed by atoms with E-state index < -0.39 is 0 Å². The van der Waals surface area contributed by atoms with Crippen LogP contribution in [-0.4, -0.2) is 25.7 Å². The molecule has 0 aromatic heterocycles. The Kier molecular flexibility index (Phi) is 4.46. The number of nitrogens with zero attached hydrogens (tertiary/aromatic N) is 2. The Bertz CT molecular complexity index is 775. The number of benzene rings is 2. The molecule has 4 rings (SSSR count). The molecule has 25 heavy (non-hydrogen) atoms. The maximum absolute atomic E-state index is 9.04. The number of rotatable bonds is 3. The van der Waals surface area contributed by atoms with Gasteiger partial charge in [-0.25, -0.2) is 0 Å². The van der Waals surface area contributed by atoms with Crippen LogP contribution in [0, 0.1) is 17.2 Å². The van der Waals surface area contributed by atoms with Crippen molar-refractivity contribution in [2.45, 2.75) is 31.7 Å². The Hall–Kier alpha value is -2.31. The van der Waals surface area contributed by atoms with Crippen molar-refractivity contribution in [3.05, 3.63) is 65.2 Å². The SMILES string of the molecule is CC(C1CCc2ccccc21)C1CNCCN1c1ccc(C#N)cc1. The van der Waals surface area contributed by atoms with E-state index in [2.05, 4.69) is 59.6 Å².